The second kappa shape index (κ2) is 5.69. The Labute approximate surface area is 131 Å². The lowest BCUT2D eigenvalue weighted by molar-refractivity contribution is -0.127. The van der Waals surface area contributed by atoms with Crippen LogP contribution in [0.15, 0.2) is 28.8 Å². The number of nitrogens with zero attached hydrogens (tertiary/aromatic N) is 3. The van der Waals surface area contributed by atoms with Gasteiger partial charge in [0.25, 0.3) is 5.89 Å². The SMILES string of the molecule is O=C1CCCS(=O)(=O)N1Cc1noc(-c2ccccc2Cl)n1. The minimum absolute atomic E-state index is 0.0477. The van der Waals surface area contributed by atoms with E-state index in [1.165, 1.54) is 0 Å². The molecule has 0 bridgehead atoms. The Morgan fingerprint density at radius 1 is 1.32 bits per heavy atom. The molecule has 7 nitrogen and oxygen atoms in total. The lowest BCUT2D eigenvalue weighted by Gasteiger charge is -2.24. The molecule has 1 amide bonds. The van der Waals surface area contributed by atoms with Gasteiger partial charge in [0.05, 0.1) is 16.3 Å². The van der Waals surface area contributed by atoms with Gasteiger partial charge in [0.15, 0.2) is 5.82 Å². The highest BCUT2D eigenvalue weighted by Gasteiger charge is 2.32. The average molecular weight is 342 g/mol. The molecule has 1 aromatic heterocycles. The van der Waals surface area contributed by atoms with Crippen LogP contribution in [0.25, 0.3) is 11.5 Å². The van der Waals surface area contributed by atoms with Crippen molar-refractivity contribution in [3.8, 4) is 11.5 Å². The van der Waals surface area contributed by atoms with E-state index in [9.17, 15) is 13.2 Å². The molecule has 1 saturated heterocycles. The summed E-state index contributed by atoms with van der Waals surface area (Å²) in [5.74, 6) is -0.194. The van der Waals surface area contributed by atoms with Gasteiger partial charge >= 0.3 is 0 Å². The van der Waals surface area contributed by atoms with E-state index in [0.717, 1.165) is 4.31 Å². The first-order chi connectivity index (χ1) is 10.5. The average Bonchev–Trinajstić information content (AvgIpc) is 2.92. The minimum atomic E-state index is -3.60. The van der Waals surface area contributed by atoms with E-state index in [4.69, 9.17) is 16.1 Å². The lowest BCUT2D eigenvalue weighted by atomic mass is 10.2. The molecule has 0 unspecified atom stereocenters. The Morgan fingerprint density at radius 3 is 2.82 bits per heavy atom. The van der Waals surface area contributed by atoms with Crippen LogP contribution in [-0.2, 0) is 21.4 Å². The van der Waals surface area contributed by atoms with Crippen molar-refractivity contribution >= 4 is 27.5 Å². The maximum atomic E-state index is 11.9. The third-order valence-electron chi connectivity index (χ3n) is 3.26. The Hall–Kier alpha value is -1.93. The van der Waals surface area contributed by atoms with Crippen LogP contribution in [0.3, 0.4) is 0 Å². The summed E-state index contributed by atoms with van der Waals surface area (Å²) in [5.41, 5.74) is 0.552. The van der Waals surface area contributed by atoms with E-state index < -0.39 is 15.9 Å². The molecule has 0 atom stereocenters. The monoisotopic (exact) mass is 341 g/mol. The number of rotatable bonds is 3. The largest absolute Gasteiger partial charge is 0.334 e. The molecule has 2 heterocycles. The fraction of sp³-hybridized carbons (Fsp3) is 0.308. The number of halogens is 1. The number of benzene rings is 1. The van der Waals surface area contributed by atoms with Gasteiger partial charge in [-0.3, -0.25) is 4.79 Å². The first kappa shape index (κ1) is 15.0. The zero-order valence-electron chi connectivity index (χ0n) is 11.4. The van der Waals surface area contributed by atoms with Gasteiger partial charge in [0, 0.05) is 6.42 Å². The highest BCUT2D eigenvalue weighted by Crippen LogP contribution is 2.26. The Balaban J connectivity index is 1.86. The molecule has 0 saturated carbocycles. The van der Waals surface area contributed by atoms with Gasteiger partial charge in [0.1, 0.15) is 6.54 Å². The van der Waals surface area contributed by atoms with E-state index in [1.54, 1.807) is 24.3 Å². The van der Waals surface area contributed by atoms with Crippen LogP contribution in [0.4, 0.5) is 0 Å². The predicted molar refractivity (Wildman–Crippen MR) is 78.3 cm³/mol. The number of aromatic nitrogens is 2. The summed E-state index contributed by atoms with van der Waals surface area (Å²) in [6.07, 6.45) is 0.545. The number of hydrogen-bond acceptors (Lipinski definition) is 6. The van der Waals surface area contributed by atoms with E-state index in [0.29, 0.717) is 17.0 Å². The molecule has 0 spiro atoms. The number of sulfonamides is 1. The number of amides is 1. The smallest absolute Gasteiger partial charge is 0.259 e. The summed E-state index contributed by atoms with van der Waals surface area (Å²) < 4.78 is 29.8. The Morgan fingerprint density at radius 2 is 2.09 bits per heavy atom. The van der Waals surface area contributed by atoms with Crippen molar-refractivity contribution in [3.05, 3.63) is 35.1 Å². The summed E-state index contributed by atoms with van der Waals surface area (Å²) in [7, 11) is -3.60. The first-order valence-corrected chi connectivity index (χ1v) is 8.57. The molecule has 1 aliphatic heterocycles. The van der Waals surface area contributed by atoms with Gasteiger partial charge in [0.2, 0.25) is 15.9 Å². The third-order valence-corrected chi connectivity index (χ3v) is 5.40. The summed E-state index contributed by atoms with van der Waals surface area (Å²) >= 11 is 6.04. The van der Waals surface area contributed by atoms with Crippen LogP contribution in [-0.4, -0.2) is 34.5 Å². The first-order valence-electron chi connectivity index (χ1n) is 6.58. The molecular formula is C13H12ClN3O4S. The number of carbonyl (C=O) groups is 1. The Kier molecular flexibility index (Phi) is 3.88. The zero-order chi connectivity index (χ0) is 15.7. The summed E-state index contributed by atoms with van der Waals surface area (Å²) in [6.45, 7) is -0.227. The fourth-order valence-corrected chi connectivity index (χ4v) is 3.83. The van der Waals surface area contributed by atoms with Gasteiger partial charge < -0.3 is 4.52 Å². The molecule has 1 fully saturated rings. The summed E-state index contributed by atoms with van der Waals surface area (Å²) in [5, 5.41) is 4.17. The van der Waals surface area contributed by atoms with Crippen molar-refractivity contribution in [1.82, 2.24) is 14.4 Å². The molecule has 1 aromatic carbocycles. The zero-order valence-corrected chi connectivity index (χ0v) is 13.0. The molecule has 1 aliphatic rings. The molecule has 22 heavy (non-hydrogen) atoms. The van der Waals surface area contributed by atoms with Crippen LogP contribution < -0.4 is 0 Å². The third kappa shape index (κ3) is 2.84. The van der Waals surface area contributed by atoms with Gasteiger partial charge in [-0.15, -0.1) is 0 Å². The van der Waals surface area contributed by atoms with E-state index in [1.807, 2.05) is 0 Å². The van der Waals surface area contributed by atoms with Crippen molar-refractivity contribution in [3.63, 3.8) is 0 Å². The van der Waals surface area contributed by atoms with Crippen LogP contribution in [0.5, 0.6) is 0 Å². The maximum absolute atomic E-state index is 11.9. The topological polar surface area (TPSA) is 93.4 Å². The molecule has 9 heteroatoms. The van der Waals surface area contributed by atoms with Crippen molar-refractivity contribution in [2.75, 3.05) is 5.75 Å². The number of carbonyl (C=O) groups excluding carboxylic acids is 1. The van der Waals surface area contributed by atoms with Crippen LogP contribution in [0.1, 0.15) is 18.7 Å². The second-order valence-electron chi connectivity index (χ2n) is 4.82. The standard InChI is InChI=1S/C13H12ClN3O4S/c14-10-5-2-1-4-9(10)13-15-11(16-21-13)8-17-12(18)6-3-7-22(17,19)20/h1-2,4-5H,3,6-8H2. The molecule has 116 valence electrons. The van der Waals surface area contributed by atoms with Gasteiger partial charge in [-0.2, -0.15) is 4.98 Å². The normalized spacial score (nSPS) is 17.7. The molecule has 0 N–H and O–H groups in total. The van der Waals surface area contributed by atoms with Crippen LogP contribution in [0, 0.1) is 0 Å². The van der Waals surface area contributed by atoms with E-state index in [-0.39, 0.29) is 30.4 Å². The van der Waals surface area contributed by atoms with Crippen molar-refractivity contribution in [2.45, 2.75) is 19.4 Å². The quantitative estimate of drug-likeness (QED) is 0.845. The summed E-state index contributed by atoms with van der Waals surface area (Å²) in [6, 6.07) is 6.92. The predicted octanol–water partition coefficient (Wildman–Crippen LogP) is 1.84. The highest BCUT2D eigenvalue weighted by atomic mass is 35.5. The van der Waals surface area contributed by atoms with Crippen molar-refractivity contribution < 1.29 is 17.7 Å². The van der Waals surface area contributed by atoms with Crippen LogP contribution in [0.2, 0.25) is 5.02 Å². The Bertz CT molecular complexity index is 818. The lowest BCUT2D eigenvalue weighted by Crippen LogP contribution is -2.41. The van der Waals surface area contributed by atoms with Gasteiger partial charge in [-0.1, -0.05) is 28.9 Å². The summed E-state index contributed by atoms with van der Waals surface area (Å²) in [4.78, 5) is 15.9. The molecule has 0 radical (unpaired) electrons. The van der Waals surface area contributed by atoms with Crippen molar-refractivity contribution in [1.29, 1.82) is 0 Å². The molecule has 2 aromatic rings. The molecule has 3 rings (SSSR count). The second-order valence-corrected chi connectivity index (χ2v) is 7.24. The maximum Gasteiger partial charge on any atom is 0.259 e. The fourth-order valence-electron chi connectivity index (χ4n) is 2.17. The van der Waals surface area contributed by atoms with E-state index >= 15 is 0 Å². The highest BCUT2D eigenvalue weighted by molar-refractivity contribution is 7.89. The minimum Gasteiger partial charge on any atom is -0.334 e. The molecular weight excluding hydrogens is 330 g/mol. The molecule has 0 aliphatic carbocycles. The van der Waals surface area contributed by atoms with Crippen LogP contribution >= 0.6 is 11.6 Å². The van der Waals surface area contributed by atoms with E-state index in [2.05, 4.69) is 10.1 Å². The van der Waals surface area contributed by atoms with Gasteiger partial charge in [-0.05, 0) is 18.6 Å². The van der Waals surface area contributed by atoms with Gasteiger partial charge in [-0.25, -0.2) is 12.7 Å². The number of hydrogen-bond donors (Lipinski definition) is 0. The van der Waals surface area contributed by atoms with Crippen molar-refractivity contribution in [2.24, 2.45) is 0 Å².